The molecule has 0 aliphatic rings. The van der Waals surface area contributed by atoms with Gasteiger partial charge in [-0.15, -0.1) is 0 Å². The van der Waals surface area contributed by atoms with Crippen molar-refractivity contribution in [3.05, 3.63) is 80.1 Å². The number of benzene rings is 2. The molecule has 0 aliphatic heterocycles. The molecule has 170 valence electrons. The normalized spacial score (nSPS) is 10.2. The molecule has 0 aliphatic carbocycles. The smallest absolute Gasteiger partial charge is 0.356 e. The van der Waals surface area contributed by atoms with Crippen molar-refractivity contribution in [3.8, 4) is 5.75 Å². The summed E-state index contributed by atoms with van der Waals surface area (Å²) in [6.07, 6.45) is 0.994. The Kier molecular flexibility index (Phi) is 7.43. The average Bonchev–Trinajstić information content (AvgIpc) is 2.80. The van der Waals surface area contributed by atoms with E-state index < -0.39 is 22.4 Å². The molecular formula is C19H15Cl2N7O5. The van der Waals surface area contributed by atoms with Crippen LogP contribution in [0.5, 0.6) is 5.75 Å². The lowest BCUT2D eigenvalue weighted by Crippen LogP contribution is -2.32. The number of amides is 2. The lowest BCUT2D eigenvalue weighted by Gasteiger charge is -2.13. The number of ether oxygens (including phenoxy) is 1. The van der Waals surface area contributed by atoms with Gasteiger partial charge in [-0.05, 0) is 30.3 Å². The molecule has 1 aromatic heterocycles. The fourth-order valence-corrected chi connectivity index (χ4v) is 3.10. The van der Waals surface area contributed by atoms with Crippen molar-refractivity contribution in [2.24, 2.45) is 0 Å². The first-order valence-corrected chi connectivity index (χ1v) is 9.77. The summed E-state index contributed by atoms with van der Waals surface area (Å²) in [4.78, 5) is 43.2. The van der Waals surface area contributed by atoms with Gasteiger partial charge in [-0.3, -0.25) is 41.4 Å². The van der Waals surface area contributed by atoms with Crippen LogP contribution in [0, 0.1) is 10.1 Å². The number of nitrogens with zero attached hydrogens (tertiary/aromatic N) is 3. The number of hydrazine groups is 2. The molecule has 3 rings (SSSR count). The van der Waals surface area contributed by atoms with Gasteiger partial charge in [0.15, 0.2) is 0 Å². The summed E-state index contributed by atoms with van der Waals surface area (Å²) in [5.74, 6) is -1.69. The van der Waals surface area contributed by atoms with Gasteiger partial charge in [0.1, 0.15) is 12.1 Å². The third-order valence-electron chi connectivity index (χ3n) is 4.12. The summed E-state index contributed by atoms with van der Waals surface area (Å²) in [5, 5.41) is 12.0. The third kappa shape index (κ3) is 5.56. The highest BCUT2D eigenvalue weighted by molar-refractivity contribution is 6.36. The Morgan fingerprint density at radius 2 is 1.58 bits per heavy atom. The van der Waals surface area contributed by atoms with E-state index in [0.717, 1.165) is 6.33 Å². The van der Waals surface area contributed by atoms with Crippen LogP contribution in [0.1, 0.15) is 20.7 Å². The maximum atomic E-state index is 12.4. The SMILES string of the molecule is COc1ccccc1C(=O)NNc1ncnc(NNC(=O)c2ccc(Cl)cc2Cl)c1[N+](=O)[O-]. The van der Waals surface area contributed by atoms with E-state index in [1.807, 2.05) is 0 Å². The van der Waals surface area contributed by atoms with Crippen molar-refractivity contribution < 1.29 is 19.2 Å². The molecule has 0 radical (unpaired) electrons. The summed E-state index contributed by atoms with van der Waals surface area (Å²) in [5.41, 5.74) is 8.93. The van der Waals surface area contributed by atoms with Crippen molar-refractivity contribution >= 4 is 52.3 Å². The second kappa shape index (κ2) is 10.4. The lowest BCUT2D eigenvalue weighted by atomic mass is 10.2. The molecule has 33 heavy (non-hydrogen) atoms. The van der Waals surface area contributed by atoms with E-state index in [2.05, 4.69) is 31.7 Å². The van der Waals surface area contributed by atoms with Crippen molar-refractivity contribution in [2.45, 2.75) is 0 Å². The molecule has 0 fully saturated rings. The van der Waals surface area contributed by atoms with Crippen molar-refractivity contribution in [1.29, 1.82) is 0 Å². The average molecular weight is 492 g/mol. The number of para-hydroxylation sites is 1. The highest BCUT2D eigenvalue weighted by atomic mass is 35.5. The van der Waals surface area contributed by atoms with Crippen LogP contribution in [-0.4, -0.2) is 33.8 Å². The van der Waals surface area contributed by atoms with Crippen molar-refractivity contribution in [2.75, 3.05) is 18.0 Å². The van der Waals surface area contributed by atoms with E-state index in [9.17, 15) is 19.7 Å². The Morgan fingerprint density at radius 3 is 2.15 bits per heavy atom. The zero-order valence-corrected chi connectivity index (χ0v) is 18.3. The molecule has 14 heteroatoms. The van der Waals surface area contributed by atoms with E-state index in [0.29, 0.717) is 10.8 Å². The second-order valence-corrected chi connectivity index (χ2v) is 7.00. The number of rotatable bonds is 8. The van der Waals surface area contributed by atoms with E-state index >= 15 is 0 Å². The molecule has 4 N–H and O–H groups in total. The number of hydrogen-bond donors (Lipinski definition) is 4. The molecule has 2 amide bonds. The largest absolute Gasteiger partial charge is 0.496 e. The summed E-state index contributed by atoms with van der Waals surface area (Å²) in [6.45, 7) is 0. The monoisotopic (exact) mass is 491 g/mol. The summed E-state index contributed by atoms with van der Waals surface area (Å²) in [7, 11) is 1.40. The van der Waals surface area contributed by atoms with Crippen molar-refractivity contribution in [1.82, 2.24) is 20.8 Å². The van der Waals surface area contributed by atoms with Gasteiger partial charge in [0.05, 0.1) is 28.2 Å². The number of aromatic nitrogens is 2. The number of nitrogens with one attached hydrogen (secondary N) is 4. The van der Waals surface area contributed by atoms with Gasteiger partial charge >= 0.3 is 5.69 Å². The topological polar surface area (TPSA) is 160 Å². The maximum absolute atomic E-state index is 12.4. The number of nitro groups is 1. The summed E-state index contributed by atoms with van der Waals surface area (Å²) >= 11 is 11.8. The highest BCUT2D eigenvalue weighted by Crippen LogP contribution is 2.28. The van der Waals surface area contributed by atoms with Crippen LogP contribution in [0.2, 0.25) is 10.0 Å². The number of hydrogen-bond acceptors (Lipinski definition) is 9. The van der Waals surface area contributed by atoms with Gasteiger partial charge in [-0.1, -0.05) is 35.3 Å². The molecule has 0 spiro atoms. The molecule has 0 saturated carbocycles. The minimum Gasteiger partial charge on any atom is -0.496 e. The van der Waals surface area contributed by atoms with Crippen LogP contribution in [0.3, 0.4) is 0 Å². The molecule has 0 unspecified atom stereocenters. The molecule has 0 saturated heterocycles. The number of carbonyl (C=O) groups excluding carboxylic acids is 2. The number of methoxy groups -OCH3 is 1. The van der Waals surface area contributed by atoms with Crippen molar-refractivity contribution in [3.63, 3.8) is 0 Å². The van der Waals surface area contributed by atoms with Gasteiger partial charge in [-0.2, -0.15) is 0 Å². The summed E-state index contributed by atoms with van der Waals surface area (Å²) < 4.78 is 5.12. The first-order valence-electron chi connectivity index (χ1n) is 9.02. The van der Waals surface area contributed by atoms with Crippen LogP contribution in [0.4, 0.5) is 17.3 Å². The third-order valence-corrected chi connectivity index (χ3v) is 4.67. The number of anilines is 2. The molecule has 12 nitrogen and oxygen atoms in total. The highest BCUT2D eigenvalue weighted by Gasteiger charge is 2.24. The second-order valence-electron chi connectivity index (χ2n) is 6.16. The van der Waals surface area contributed by atoms with Crippen LogP contribution >= 0.6 is 23.2 Å². The Hall–Kier alpha value is -4.16. The van der Waals surface area contributed by atoms with E-state index in [4.69, 9.17) is 27.9 Å². The minimum absolute atomic E-state index is 0.0766. The van der Waals surface area contributed by atoms with Crippen LogP contribution < -0.4 is 26.4 Å². The quantitative estimate of drug-likeness (QED) is 0.273. The van der Waals surface area contributed by atoms with Gasteiger partial charge < -0.3 is 4.74 Å². The lowest BCUT2D eigenvalue weighted by molar-refractivity contribution is -0.383. The van der Waals surface area contributed by atoms with Crippen LogP contribution in [-0.2, 0) is 0 Å². The minimum atomic E-state index is -0.790. The first-order chi connectivity index (χ1) is 15.8. The predicted molar refractivity (Wildman–Crippen MR) is 120 cm³/mol. The fraction of sp³-hybridized carbons (Fsp3) is 0.0526. The molecule has 1 heterocycles. The van der Waals surface area contributed by atoms with E-state index in [1.165, 1.54) is 31.4 Å². The molecule has 2 aromatic carbocycles. The zero-order chi connectivity index (χ0) is 24.0. The van der Waals surface area contributed by atoms with Gasteiger partial charge in [0.25, 0.3) is 11.8 Å². The maximum Gasteiger partial charge on any atom is 0.356 e. The predicted octanol–water partition coefficient (Wildman–Crippen LogP) is 3.21. The van der Waals surface area contributed by atoms with Crippen LogP contribution in [0.25, 0.3) is 0 Å². The Morgan fingerprint density at radius 1 is 0.970 bits per heavy atom. The Bertz CT molecular complexity index is 1220. The Balaban J connectivity index is 1.76. The first kappa shape index (κ1) is 23.5. The molecule has 0 atom stereocenters. The van der Waals surface area contributed by atoms with Gasteiger partial charge in [0.2, 0.25) is 11.6 Å². The molecule has 3 aromatic rings. The van der Waals surface area contributed by atoms with E-state index in [1.54, 1.807) is 18.2 Å². The van der Waals surface area contributed by atoms with E-state index in [-0.39, 0.29) is 27.8 Å². The van der Waals surface area contributed by atoms with Gasteiger partial charge in [0, 0.05) is 5.02 Å². The molecule has 0 bridgehead atoms. The van der Waals surface area contributed by atoms with Crippen LogP contribution in [0.15, 0.2) is 48.8 Å². The number of halogens is 2. The molecular weight excluding hydrogens is 477 g/mol. The standard InChI is InChI=1S/C19H15Cl2N7O5/c1-33-14-5-3-2-4-12(14)19(30)27-25-17-15(28(31)32)16(22-9-23-17)24-26-18(29)11-7-6-10(20)8-13(11)21/h2-9H,1H3,(H,26,29)(H,27,30)(H2,22,23,24,25). The zero-order valence-electron chi connectivity index (χ0n) is 16.8. The summed E-state index contributed by atoms with van der Waals surface area (Å²) in [6, 6.07) is 10.6. The fourth-order valence-electron chi connectivity index (χ4n) is 2.61. The Labute approximate surface area is 196 Å². The van der Waals surface area contributed by atoms with Gasteiger partial charge in [-0.25, -0.2) is 9.97 Å². The number of carbonyl (C=O) groups is 2.